The van der Waals surface area contributed by atoms with Crippen LogP contribution in [0.15, 0.2) is 30.3 Å². The van der Waals surface area contributed by atoms with E-state index in [1.807, 2.05) is 0 Å². The second kappa shape index (κ2) is 7.37. The highest BCUT2D eigenvalue weighted by Gasteiger charge is 2.45. The van der Waals surface area contributed by atoms with Crippen molar-refractivity contribution in [3.05, 3.63) is 46.0 Å². The normalized spacial score (nSPS) is 13.3. The molecule has 0 aromatic heterocycles. The molecule has 2 unspecified atom stereocenters. The summed E-state index contributed by atoms with van der Waals surface area (Å²) in [4.78, 5) is 34.4. The first-order valence-corrected chi connectivity index (χ1v) is 6.28. The fourth-order valence-corrected chi connectivity index (χ4v) is 2.20. The van der Waals surface area contributed by atoms with Gasteiger partial charge in [-0.25, -0.2) is 0 Å². The Morgan fingerprint density at radius 3 is 1.95 bits per heavy atom. The molecule has 0 heterocycles. The van der Waals surface area contributed by atoms with E-state index in [-0.39, 0.29) is 0 Å². The van der Waals surface area contributed by atoms with Crippen molar-refractivity contribution in [1.82, 2.24) is 0 Å². The minimum Gasteiger partial charge on any atom is -0.468 e. The first-order chi connectivity index (χ1) is 9.93. The molecule has 0 saturated carbocycles. The van der Waals surface area contributed by atoms with E-state index in [4.69, 9.17) is 0 Å². The molecule has 1 aromatic carbocycles. The van der Waals surface area contributed by atoms with Crippen LogP contribution in [-0.4, -0.2) is 37.1 Å². The zero-order valence-electron chi connectivity index (χ0n) is 12.0. The summed E-state index contributed by atoms with van der Waals surface area (Å²) in [6.07, 6.45) is 0. The van der Waals surface area contributed by atoms with E-state index < -0.39 is 34.7 Å². The molecular formula is C14H17NO6. The Morgan fingerprint density at radius 1 is 1.10 bits per heavy atom. The summed E-state index contributed by atoms with van der Waals surface area (Å²) in [5.41, 5.74) is 0.502. The maximum atomic E-state index is 11.9. The van der Waals surface area contributed by atoms with Crippen LogP contribution in [0.25, 0.3) is 0 Å². The molecule has 0 saturated heterocycles. The van der Waals surface area contributed by atoms with Crippen LogP contribution in [0, 0.1) is 16.0 Å². The van der Waals surface area contributed by atoms with Crippen molar-refractivity contribution in [3.8, 4) is 0 Å². The van der Waals surface area contributed by atoms with Crippen LogP contribution in [0.2, 0.25) is 0 Å². The number of carbonyl (C=O) groups excluding carboxylic acids is 2. The SMILES string of the molecule is COC(=O)C(C(=O)OC)C(c1ccccc1)C(C)[N+](=O)[O-]. The molecule has 0 aliphatic heterocycles. The highest BCUT2D eigenvalue weighted by Crippen LogP contribution is 2.31. The highest BCUT2D eigenvalue weighted by atomic mass is 16.6. The third kappa shape index (κ3) is 3.77. The average Bonchev–Trinajstić information content (AvgIpc) is 2.51. The van der Waals surface area contributed by atoms with Crippen LogP contribution < -0.4 is 0 Å². The van der Waals surface area contributed by atoms with Crippen LogP contribution in [0.4, 0.5) is 0 Å². The molecule has 2 atom stereocenters. The van der Waals surface area contributed by atoms with Crippen molar-refractivity contribution in [2.24, 2.45) is 5.92 Å². The number of rotatable bonds is 6. The summed E-state index contributed by atoms with van der Waals surface area (Å²) in [6, 6.07) is 7.20. The standard InChI is InChI=1S/C14H17NO6/c1-9(15(18)19)11(10-7-5-4-6-8-10)12(13(16)20-2)14(17)21-3/h4-9,11-12H,1-3H3. The first kappa shape index (κ1) is 16.6. The van der Waals surface area contributed by atoms with Crippen molar-refractivity contribution < 1.29 is 24.0 Å². The molecule has 21 heavy (non-hydrogen) atoms. The van der Waals surface area contributed by atoms with Crippen LogP contribution in [0.1, 0.15) is 18.4 Å². The minimum atomic E-state index is -1.39. The minimum absolute atomic E-state index is 0.502. The number of benzene rings is 1. The van der Waals surface area contributed by atoms with Gasteiger partial charge in [-0.15, -0.1) is 0 Å². The number of nitrogens with zero attached hydrogens (tertiary/aromatic N) is 1. The van der Waals surface area contributed by atoms with Crippen LogP contribution >= 0.6 is 0 Å². The predicted molar refractivity (Wildman–Crippen MR) is 73.2 cm³/mol. The lowest BCUT2D eigenvalue weighted by Gasteiger charge is -2.24. The Labute approximate surface area is 122 Å². The molecule has 0 N–H and O–H groups in total. The van der Waals surface area contributed by atoms with E-state index in [0.717, 1.165) is 14.2 Å². The zero-order chi connectivity index (χ0) is 16.0. The van der Waals surface area contributed by atoms with Crippen molar-refractivity contribution in [2.45, 2.75) is 18.9 Å². The van der Waals surface area contributed by atoms with E-state index in [9.17, 15) is 19.7 Å². The third-order valence-electron chi connectivity index (χ3n) is 3.31. The quantitative estimate of drug-likeness (QED) is 0.340. The number of nitro groups is 1. The lowest BCUT2D eigenvalue weighted by atomic mass is 9.81. The number of hydrogen-bond donors (Lipinski definition) is 0. The van der Waals surface area contributed by atoms with Crippen LogP contribution in [-0.2, 0) is 19.1 Å². The van der Waals surface area contributed by atoms with Gasteiger partial charge in [0.1, 0.15) is 0 Å². The fraction of sp³-hybridized carbons (Fsp3) is 0.429. The Kier molecular flexibility index (Phi) is 5.83. The van der Waals surface area contributed by atoms with E-state index in [1.54, 1.807) is 30.3 Å². The van der Waals surface area contributed by atoms with Gasteiger partial charge in [0, 0.05) is 11.8 Å². The van der Waals surface area contributed by atoms with Gasteiger partial charge in [-0.3, -0.25) is 19.7 Å². The molecule has 7 heteroatoms. The summed E-state index contributed by atoms with van der Waals surface area (Å²) in [6.45, 7) is 1.34. The summed E-state index contributed by atoms with van der Waals surface area (Å²) < 4.78 is 9.21. The molecule has 0 aliphatic carbocycles. The molecule has 0 spiro atoms. The number of ether oxygens (including phenoxy) is 2. The summed E-state index contributed by atoms with van der Waals surface area (Å²) >= 11 is 0. The second-order valence-electron chi connectivity index (χ2n) is 4.49. The van der Waals surface area contributed by atoms with Gasteiger partial charge >= 0.3 is 11.9 Å². The molecule has 0 bridgehead atoms. The molecule has 1 rings (SSSR count). The molecule has 0 amide bonds. The molecule has 0 aliphatic rings. The van der Waals surface area contributed by atoms with Gasteiger partial charge in [0.15, 0.2) is 5.92 Å². The van der Waals surface area contributed by atoms with Gasteiger partial charge in [0.2, 0.25) is 6.04 Å². The largest absolute Gasteiger partial charge is 0.468 e. The van der Waals surface area contributed by atoms with Gasteiger partial charge in [-0.1, -0.05) is 30.3 Å². The predicted octanol–water partition coefficient (Wildman–Crippen LogP) is 1.40. The summed E-state index contributed by atoms with van der Waals surface area (Å²) in [5.74, 6) is -4.07. The average molecular weight is 295 g/mol. The molecule has 1 aromatic rings. The molecule has 114 valence electrons. The maximum absolute atomic E-state index is 11.9. The van der Waals surface area contributed by atoms with E-state index in [2.05, 4.69) is 9.47 Å². The lowest BCUT2D eigenvalue weighted by molar-refractivity contribution is -0.523. The maximum Gasteiger partial charge on any atom is 0.320 e. The Hall–Kier alpha value is -2.44. The van der Waals surface area contributed by atoms with Crippen molar-refractivity contribution in [3.63, 3.8) is 0 Å². The Bertz CT molecular complexity index is 499. The summed E-state index contributed by atoms with van der Waals surface area (Å²) in [7, 11) is 2.24. The summed E-state index contributed by atoms with van der Waals surface area (Å²) in [5, 5.41) is 11.1. The van der Waals surface area contributed by atoms with E-state index >= 15 is 0 Å². The number of esters is 2. The van der Waals surface area contributed by atoms with Crippen molar-refractivity contribution in [2.75, 3.05) is 14.2 Å². The fourth-order valence-electron chi connectivity index (χ4n) is 2.20. The number of methoxy groups -OCH3 is 2. The van der Waals surface area contributed by atoms with Crippen LogP contribution in [0.5, 0.6) is 0 Å². The molecule has 0 radical (unpaired) electrons. The van der Waals surface area contributed by atoms with Crippen molar-refractivity contribution in [1.29, 1.82) is 0 Å². The first-order valence-electron chi connectivity index (χ1n) is 6.28. The second-order valence-corrected chi connectivity index (χ2v) is 4.49. The van der Waals surface area contributed by atoms with Gasteiger partial charge in [0.05, 0.1) is 20.1 Å². The van der Waals surface area contributed by atoms with Gasteiger partial charge in [0.25, 0.3) is 0 Å². The van der Waals surface area contributed by atoms with Crippen molar-refractivity contribution >= 4 is 11.9 Å². The number of carbonyl (C=O) groups is 2. The Balaban J connectivity index is 3.35. The van der Waals surface area contributed by atoms with Gasteiger partial charge in [-0.2, -0.15) is 0 Å². The Morgan fingerprint density at radius 2 is 1.57 bits per heavy atom. The number of hydrogen-bond acceptors (Lipinski definition) is 6. The monoisotopic (exact) mass is 295 g/mol. The lowest BCUT2D eigenvalue weighted by Crippen LogP contribution is -2.39. The van der Waals surface area contributed by atoms with E-state index in [0.29, 0.717) is 5.56 Å². The smallest absolute Gasteiger partial charge is 0.320 e. The van der Waals surface area contributed by atoms with Gasteiger partial charge in [-0.05, 0) is 5.56 Å². The third-order valence-corrected chi connectivity index (χ3v) is 3.31. The molecular weight excluding hydrogens is 278 g/mol. The van der Waals surface area contributed by atoms with Gasteiger partial charge < -0.3 is 9.47 Å². The van der Waals surface area contributed by atoms with Crippen LogP contribution in [0.3, 0.4) is 0 Å². The zero-order valence-corrected chi connectivity index (χ0v) is 12.0. The highest BCUT2D eigenvalue weighted by molar-refractivity contribution is 5.96. The topological polar surface area (TPSA) is 95.7 Å². The molecule has 0 fully saturated rings. The molecule has 7 nitrogen and oxygen atoms in total. The van der Waals surface area contributed by atoms with E-state index in [1.165, 1.54) is 6.92 Å².